The molecule has 3 heterocycles. The minimum absolute atomic E-state index is 1.02. The minimum atomic E-state index is 1.02. The van der Waals surface area contributed by atoms with Crippen LogP contribution in [0.3, 0.4) is 0 Å². The van der Waals surface area contributed by atoms with Crippen LogP contribution in [0.15, 0.2) is 47.1 Å². The molecule has 2 aliphatic heterocycles. The SMILES string of the molecule is Cn1cc2cc(C3=CC=CN4CCSN=C34)ccc2n1. The molecular formula is C15H14N4S. The highest BCUT2D eigenvalue weighted by molar-refractivity contribution is 7.98. The molecule has 0 spiro atoms. The van der Waals surface area contributed by atoms with Gasteiger partial charge in [0.1, 0.15) is 5.84 Å². The van der Waals surface area contributed by atoms with E-state index in [0.717, 1.165) is 29.0 Å². The minimum Gasteiger partial charge on any atom is -0.331 e. The summed E-state index contributed by atoms with van der Waals surface area (Å²) in [7, 11) is 1.95. The molecule has 5 heteroatoms. The van der Waals surface area contributed by atoms with Gasteiger partial charge in [-0.3, -0.25) is 4.68 Å². The maximum Gasteiger partial charge on any atom is 0.148 e. The topological polar surface area (TPSA) is 33.4 Å². The van der Waals surface area contributed by atoms with E-state index in [9.17, 15) is 0 Å². The van der Waals surface area contributed by atoms with Gasteiger partial charge in [0.25, 0.3) is 0 Å². The van der Waals surface area contributed by atoms with Crippen LogP contribution in [0.1, 0.15) is 5.56 Å². The van der Waals surface area contributed by atoms with Crippen molar-refractivity contribution >= 4 is 34.3 Å². The Labute approximate surface area is 121 Å². The van der Waals surface area contributed by atoms with Crippen molar-refractivity contribution in [2.24, 2.45) is 11.4 Å². The zero-order valence-electron chi connectivity index (χ0n) is 11.2. The van der Waals surface area contributed by atoms with Gasteiger partial charge in [0.05, 0.1) is 5.52 Å². The summed E-state index contributed by atoms with van der Waals surface area (Å²) < 4.78 is 6.46. The van der Waals surface area contributed by atoms with Crippen molar-refractivity contribution in [1.29, 1.82) is 0 Å². The summed E-state index contributed by atoms with van der Waals surface area (Å²) in [6.45, 7) is 1.02. The van der Waals surface area contributed by atoms with Crippen LogP contribution in [0.5, 0.6) is 0 Å². The van der Waals surface area contributed by atoms with E-state index in [2.05, 4.69) is 50.9 Å². The number of rotatable bonds is 1. The largest absolute Gasteiger partial charge is 0.331 e. The van der Waals surface area contributed by atoms with Gasteiger partial charge < -0.3 is 4.90 Å². The Morgan fingerprint density at radius 1 is 1.30 bits per heavy atom. The van der Waals surface area contributed by atoms with Gasteiger partial charge in [0.15, 0.2) is 0 Å². The lowest BCUT2D eigenvalue weighted by Gasteiger charge is -2.29. The summed E-state index contributed by atoms with van der Waals surface area (Å²) in [6, 6.07) is 6.39. The number of hydrogen-bond acceptors (Lipinski definition) is 4. The number of benzene rings is 1. The number of aryl methyl sites for hydroxylation is 1. The Bertz CT molecular complexity index is 769. The summed E-state index contributed by atoms with van der Waals surface area (Å²) in [4.78, 5) is 2.22. The van der Waals surface area contributed by atoms with E-state index in [1.165, 1.54) is 11.1 Å². The third kappa shape index (κ3) is 1.86. The van der Waals surface area contributed by atoms with Crippen LogP contribution in [0.25, 0.3) is 16.5 Å². The number of fused-ring (bicyclic) bond motifs is 2. The number of aromatic nitrogens is 2. The Morgan fingerprint density at radius 2 is 2.25 bits per heavy atom. The van der Waals surface area contributed by atoms with Crippen molar-refractivity contribution in [1.82, 2.24) is 14.7 Å². The molecular weight excluding hydrogens is 268 g/mol. The molecule has 0 saturated carbocycles. The number of allylic oxidation sites excluding steroid dienone is 2. The molecule has 0 bridgehead atoms. The zero-order chi connectivity index (χ0) is 13.5. The molecule has 4 rings (SSSR count). The first-order chi connectivity index (χ1) is 9.81. The monoisotopic (exact) mass is 282 g/mol. The summed E-state index contributed by atoms with van der Waals surface area (Å²) in [5.41, 5.74) is 3.41. The molecule has 0 saturated heterocycles. The average Bonchev–Trinajstić information content (AvgIpc) is 2.85. The summed E-state index contributed by atoms with van der Waals surface area (Å²) >= 11 is 1.64. The predicted octanol–water partition coefficient (Wildman–Crippen LogP) is 2.85. The highest BCUT2D eigenvalue weighted by Crippen LogP contribution is 2.28. The average molecular weight is 282 g/mol. The maximum absolute atomic E-state index is 4.61. The summed E-state index contributed by atoms with van der Waals surface area (Å²) in [5.74, 6) is 2.11. The Balaban J connectivity index is 1.83. The van der Waals surface area contributed by atoms with Crippen molar-refractivity contribution in [3.8, 4) is 0 Å². The Morgan fingerprint density at radius 3 is 3.20 bits per heavy atom. The van der Waals surface area contributed by atoms with Crippen LogP contribution in [0, 0.1) is 0 Å². The molecule has 0 unspecified atom stereocenters. The van der Waals surface area contributed by atoms with Crippen molar-refractivity contribution in [3.05, 3.63) is 48.3 Å². The zero-order valence-corrected chi connectivity index (χ0v) is 12.0. The van der Waals surface area contributed by atoms with Crippen molar-refractivity contribution in [3.63, 3.8) is 0 Å². The van der Waals surface area contributed by atoms with Crippen LogP contribution in [0.2, 0.25) is 0 Å². The van der Waals surface area contributed by atoms with Gasteiger partial charge in [-0.2, -0.15) is 9.50 Å². The first-order valence-corrected chi connectivity index (χ1v) is 7.55. The second-order valence-corrected chi connectivity index (χ2v) is 5.79. The quantitative estimate of drug-likeness (QED) is 0.754. The van der Waals surface area contributed by atoms with Gasteiger partial charge in [-0.25, -0.2) is 0 Å². The lowest BCUT2D eigenvalue weighted by Crippen LogP contribution is -2.32. The third-order valence-corrected chi connectivity index (χ3v) is 4.21. The first-order valence-electron chi connectivity index (χ1n) is 6.60. The molecule has 0 N–H and O–H groups in total. The molecule has 1 aromatic heterocycles. The van der Waals surface area contributed by atoms with E-state index in [1.54, 1.807) is 11.9 Å². The van der Waals surface area contributed by atoms with Crippen molar-refractivity contribution < 1.29 is 0 Å². The van der Waals surface area contributed by atoms with Gasteiger partial charge in [-0.05, 0) is 41.8 Å². The van der Waals surface area contributed by atoms with E-state index in [4.69, 9.17) is 0 Å². The fraction of sp³-hybridized carbons (Fsp3) is 0.200. The maximum atomic E-state index is 4.61. The van der Waals surface area contributed by atoms with Crippen LogP contribution in [0.4, 0.5) is 0 Å². The smallest absolute Gasteiger partial charge is 0.148 e. The molecule has 20 heavy (non-hydrogen) atoms. The van der Waals surface area contributed by atoms with E-state index < -0.39 is 0 Å². The molecule has 0 radical (unpaired) electrons. The lowest BCUT2D eigenvalue weighted by atomic mass is 10.0. The Hall–Kier alpha value is -2.01. The molecule has 0 aliphatic carbocycles. The van der Waals surface area contributed by atoms with Crippen LogP contribution >= 0.6 is 11.9 Å². The molecule has 0 fully saturated rings. The molecule has 0 amide bonds. The van der Waals surface area contributed by atoms with Gasteiger partial charge >= 0.3 is 0 Å². The van der Waals surface area contributed by atoms with E-state index in [-0.39, 0.29) is 0 Å². The fourth-order valence-electron chi connectivity index (χ4n) is 2.61. The third-order valence-electron chi connectivity index (χ3n) is 3.55. The first kappa shape index (κ1) is 11.8. The second kappa shape index (κ2) is 4.52. The molecule has 1 aromatic carbocycles. The van der Waals surface area contributed by atoms with E-state index in [0.29, 0.717) is 0 Å². The van der Waals surface area contributed by atoms with Gasteiger partial charge in [0.2, 0.25) is 0 Å². The van der Waals surface area contributed by atoms with Gasteiger partial charge in [-0.15, -0.1) is 0 Å². The van der Waals surface area contributed by atoms with Gasteiger partial charge in [0, 0.05) is 42.7 Å². The molecule has 100 valence electrons. The number of amidine groups is 1. The molecule has 2 aromatic rings. The lowest BCUT2D eigenvalue weighted by molar-refractivity contribution is 0.594. The highest BCUT2D eigenvalue weighted by atomic mass is 32.2. The fourth-order valence-corrected chi connectivity index (χ4v) is 3.31. The second-order valence-electron chi connectivity index (χ2n) is 4.94. The van der Waals surface area contributed by atoms with E-state index >= 15 is 0 Å². The predicted molar refractivity (Wildman–Crippen MR) is 84.4 cm³/mol. The molecule has 4 nitrogen and oxygen atoms in total. The van der Waals surface area contributed by atoms with Crippen molar-refractivity contribution in [2.75, 3.05) is 12.3 Å². The Kier molecular flexibility index (Phi) is 2.67. The van der Waals surface area contributed by atoms with E-state index in [1.807, 2.05) is 17.9 Å². The molecule has 0 atom stereocenters. The van der Waals surface area contributed by atoms with Gasteiger partial charge in [-0.1, -0.05) is 6.07 Å². The van der Waals surface area contributed by atoms with Crippen molar-refractivity contribution in [2.45, 2.75) is 0 Å². The number of nitrogens with zero attached hydrogens (tertiary/aromatic N) is 4. The number of hydrogen-bond donors (Lipinski definition) is 0. The summed E-state index contributed by atoms with van der Waals surface area (Å²) in [5, 5.41) is 5.58. The normalized spacial score (nSPS) is 17.9. The molecule has 2 aliphatic rings. The van der Waals surface area contributed by atoms with Crippen LogP contribution in [-0.2, 0) is 7.05 Å². The van der Waals surface area contributed by atoms with Crippen LogP contribution in [-0.4, -0.2) is 32.8 Å². The van der Waals surface area contributed by atoms with Crippen LogP contribution < -0.4 is 0 Å². The standard InChI is InChI=1S/C15H14N4S/c1-18-10-12-9-11(4-5-14(12)16-18)13-3-2-6-19-7-8-20-17-15(13)19/h2-6,9-10H,7-8H2,1H3. The summed E-state index contributed by atoms with van der Waals surface area (Å²) in [6.07, 6.45) is 8.38. The highest BCUT2D eigenvalue weighted by Gasteiger charge is 2.21.